The molecular formula is C9H9NO4. The highest BCUT2D eigenvalue weighted by molar-refractivity contribution is 5.49. The number of phenolic OH excluding ortho intramolecular Hbond substituents is 1. The molecule has 1 fully saturated rings. The lowest BCUT2D eigenvalue weighted by Gasteiger charge is -2.07. The Bertz CT molecular complexity index is 398. The molecule has 1 aromatic rings. The van der Waals surface area contributed by atoms with Crippen LogP contribution in [-0.4, -0.2) is 15.1 Å². The molecule has 1 saturated carbocycles. The van der Waals surface area contributed by atoms with Gasteiger partial charge in [0.1, 0.15) is 0 Å². The van der Waals surface area contributed by atoms with E-state index in [9.17, 15) is 15.2 Å². The second-order valence-corrected chi connectivity index (χ2v) is 3.49. The number of phenols is 1. The van der Waals surface area contributed by atoms with E-state index in [0.29, 0.717) is 18.4 Å². The smallest absolute Gasteiger partial charge is 0.311 e. The lowest BCUT2D eigenvalue weighted by Crippen LogP contribution is -2.04. The van der Waals surface area contributed by atoms with E-state index in [4.69, 9.17) is 5.11 Å². The van der Waals surface area contributed by atoms with Gasteiger partial charge in [0.15, 0.2) is 5.75 Å². The average molecular weight is 195 g/mol. The fourth-order valence-electron chi connectivity index (χ4n) is 1.37. The van der Waals surface area contributed by atoms with Gasteiger partial charge in [-0.3, -0.25) is 10.1 Å². The number of hydrogen-bond donors (Lipinski definition) is 2. The molecule has 0 saturated heterocycles. The van der Waals surface area contributed by atoms with E-state index in [2.05, 4.69) is 0 Å². The molecule has 0 aromatic heterocycles. The second kappa shape index (κ2) is 2.68. The van der Waals surface area contributed by atoms with Crippen LogP contribution in [0.2, 0.25) is 0 Å². The maximum atomic E-state index is 10.5. The van der Waals surface area contributed by atoms with E-state index in [1.54, 1.807) is 0 Å². The Hall–Kier alpha value is -1.62. The quantitative estimate of drug-likeness (QED) is 0.550. The molecule has 74 valence electrons. The number of rotatable bonds is 2. The third kappa shape index (κ3) is 1.31. The number of aromatic hydroxyl groups is 1. The normalized spacial score (nSPS) is 17.8. The molecule has 2 N–H and O–H groups in total. The van der Waals surface area contributed by atoms with Crippen molar-refractivity contribution >= 4 is 5.69 Å². The van der Waals surface area contributed by atoms with Gasteiger partial charge in [-0.1, -0.05) is 6.07 Å². The van der Waals surface area contributed by atoms with Gasteiger partial charge in [-0.2, -0.15) is 0 Å². The summed E-state index contributed by atoms with van der Waals surface area (Å²) in [5, 5.41) is 29.3. The summed E-state index contributed by atoms with van der Waals surface area (Å²) in [4.78, 5) is 9.82. The highest BCUT2D eigenvalue weighted by atomic mass is 16.6. The van der Waals surface area contributed by atoms with Gasteiger partial charge in [-0.15, -0.1) is 0 Å². The molecule has 0 radical (unpaired) electrons. The maximum absolute atomic E-state index is 10.5. The third-order valence-electron chi connectivity index (χ3n) is 2.43. The van der Waals surface area contributed by atoms with Gasteiger partial charge in [0.05, 0.1) is 10.5 Å². The summed E-state index contributed by atoms with van der Waals surface area (Å²) in [5.41, 5.74) is -0.761. The van der Waals surface area contributed by atoms with Gasteiger partial charge in [-0.05, 0) is 24.5 Å². The predicted octanol–water partition coefficient (Wildman–Crippen LogP) is 1.28. The lowest BCUT2D eigenvalue weighted by molar-refractivity contribution is -0.386. The first-order valence-corrected chi connectivity index (χ1v) is 4.23. The zero-order valence-corrected chi connectivity index (χ0v) is 7.30. The SMILES string of the molecule is O=[N+]([O-])c1cc(C2(O)CC2)ccc1O. The number of nitro benzene ring substituents is 1. The Balaban J connectivity index is 2.46. The van der Waals surface area contributed by atoms with E-state index in [1.807, 2.05) is 0 Å². The van der Waals surface area contributed by atoms with Crippen molar-refractivity contribution in [1.29, 1.82) is 0 Å². The standard InChI is InChI=1S/C9H9NO4/c11-8-2-1-6(9(12)3-4-9)5-7(8)10(13)14/h1-2,5,11-12H,3-4H2. The topological polar surface area (TPSA) is 83.6 Å². The van der Waals surface area contributed by atoms with Gasteiger partial charge < -0.3 is 10.2 Å². The predicted molar refractivity (Wildman–Crippen MR) is 47.9 cm³/mol. The van der Waals surface area contributed by atoms with E-state index in [0.717, 1.165) is 0 Å². The van der Waals surface area contributed by atoms with Crippen LogP contribution in [0.15, 0.2) is 18.2 Å². The molecule has 5 nitrogen and oxygen atoms in total. The molecule has 0 atom stereocenters. The highest BCUT2D eigenvalue weighted by Crippen LogP contribution is 2.46. The van der Waals surface area contributed by atoms with Crippen LogP contribution >= 0.6 is 0 Å². The Morgan fingerprint density at radius 3 is 2.57 bits per heavy atom. The molecule has 0 bridgehead atoms. The molecular weight excluding hydrogens is 186 g/mol. The largest absolute Gasteiger partial charge is 0.502 e. The summed E-state index contributed by atoms with van der Waals surface area (Å²) in [7, 11) is 0. The van der Waals surface area contributed by atoms with Crippen molar-refractivity contribution in [2.45, 2.75) is 18.4 Å². The van der Waals surface area contributed by atoms with Crippen molar-refractivity contribution in [3.8, 4) is 5.75 Å². The van der Waals surface area contributed by atoms with Gasteiger partial charge >= 0.3 is 5.69 Å². The molecule has 1 aromatic carbocycles. The van der Waals surface area contributed by atoms with Crippen LogP contribution in [0.1, 0.15) is 18.4 Å². The van der Waals surface area contributed by atoms with Crippen molar-refractivity contribution in [2.75, 3.05) is 0 Å². The van der Waals surface area contributed by atoms with Gasteiger partial charge in [0, 0.05) is 6.07 Å². The zero-order valence-electron chi connectivity index (χ0n) is 7.30. The first-order valence-electron chi connectivity index (χ1n) is 4.23. The summed E-state index contributed by atoms with van der Waals surface area (Å²) in [6.07, 6.45) is 1.24. The number of nitrogens with zero attached hydrogens (tertiary/aromatic N) is 1. The minimum absolute atomic E-state index is 0.358. The van der Waals surface area contributed by atoms with Crippen LogP contribution in [0.25, 0.3) is 0 Å². The molecule has 0 spiro atoms. The van der Waals surface area contributed by atoms with Crippen LogP contribution in [-0.2, 0) is 5.60 Å². The number of nitro groups is 1. The van der Waals surface area contributed by atoms with Crippen LogP contribution in [0.3, 0.4) is 0 Å². The van der Waals surface area contributed by atoms with Gasteiger partial charge in [0.25, 0.3) is 0 Å². The fourth-order valence-corrected chi connectivity index (χ4v) is 1.37. The van der Waals surface area contributed by atoms with E-state index >= 15 is 0 Å². The Morgan fingerprint density at radius 2 is 2.07 bits per heavy atom. The zero-order chi connectivity index (χ0) is 10.3. The van der Waals surface area contributed by atoms with E-state index < -0.39 is 10.5 Å². The van der Waals surface area contributed by atoms with Crippen molar-refractivity contribution < 1.29 is 15.1 Å². The summed E-state index contributed by atoms with van der Waals surface area (Å²) in [6, 6.07) is 3.97. The molecule has 2 rings (SSSR count). The summed E-state index contributed by atoms with van der Waals surface area (Å²) >= 11 is 0. The Labute approximate surface area is 79.8 Å². The van der Waals surface area contributed by atoms with E-state index in [-0.39, 0.29) is 11.4 Å². The first-order chi connectivity index (χ1) is 6.53. The Morgan fingerprint density at radius 1 is 1.43 bits per heavy atom. The molecule has 0 amide bonds. The molecule has 0 heterocycles. The van der Waals surface area contributed by atoms with Crippen molar-refractivity contribution in [3.63, 3.8) is 0 Å². The molecule has 0 unspecified atom stereocenters. The minimum Gasteiger partial charge on any atom is -0.502 e. The lowest BCUT2D eigenvalue weighted by atomic mass is 10.1. The second-order valence-electron chi connectivity index (χ2n) is 3.49. The van der Waals surface area contributed by atoms with Crippen molar-refractivity contribution in [1.82, 2.24) is 0 Å². The van der Waals surface area contributed by atoms with Gasteiger partial charge in [0.2, 0.25) is 0 Å². The summed E-state index contributed by atoms with van der Waals surface area (Å²) in [5.74, 6) is -0.372. The maximum Gasteiger partial charge on any atom is 0.311 e. The van der Waals surface area contributed by atoms with Crippen LogP contribution in [0, 0.1) is 10.1 Å². The molecule has 1 aliphatic rings. The van der Waals surface area contributed by atoms with Crippen molar-refractivity contribution in [2.24, 2.45) is 0 Å². The fraction of sp³-hybridized carbons (Fsp3) is 0.333. The minimum atomic E-state index is -0.904. The Kier molecular flexibility index (Phi) is 1.72. The summed E-state index contributed by atoms with van der Waals surface area (Å²) in [6.45, 7) is 0. The van der Waals surface area contributed by atoms with Gasteiger partial charge in [-0.25, -0.2) is 0 Å². The molecule has 5 heteroatoms. The van der Waals surface area contributed by atoms with Crippen LogP contribution in [0.5, 0.6) is 5.75 Å². The molecule has 14 heavy (non-hydrogen) atoms. The van der Waals surface area contributed by atoms with Crippen LogP contribution < -0.4 is 0 Å². The monoisotopic (exact) mass is 195 g/mol. The van der Waals surface area contributed by atoms with E-state index in [1.165, 1.54) is 18.2 Å². The van der Waals surface area contributed by atoms with Crippen molar-refractivity contribution in [3.05, 3.63) is 33.9 Å². The molecule has 1 aliphatic carbocycles. The highest BCUT2D eigenvalue weighted by Gasteiger charge is 2.43. The molecule has 0 aliphatic heterocycles. The number of aliphatic hydroxyl groups is 1. The number of hydrogen-bond acceptors (Lipinski definition) is 4. The average Bonchev–Trinajstić information content (AvgIpc) is 2.85. The van der Waals surface area contributed by atoms with Crippen LogP contribution in [0.4, 0.5) is 5.69 Å². The first kappa shape index (κ1) is 8.96. The number of benzene rings is 1. The third-order valence-corrected chi connectivity index (χ3v) is 2.43. The summed E-state index contributed by atoms with van der Waals surface area (Å²) < 4.78 is 0.